The van der Waals surface area contributed by atoms with Gasteiger partial charge in [-0.1, -0.05) is 25.1 Å². The molecule has 1 atom stereocenters. The van der Waals surface area contributed by atoms with Gasteiger partial charge < -0.3 is 10.2 Å². The first-order valence-corrected chi connectivity index (χ1v) is 6.05. The minimum atomic E-state index is -2.29. The Morgan fingerprint density at radius 1 is 1.41 bits per heavy atom. The van der Waals surface area contributed by atoms with Crippen molar-refractivity contribution in [1.82, 2.24) is 5.32 Å². The molecule has 1 unspecified atom stereocenters. The average Bonchev–Trinajstić information content (AvgIpc) is 2.49. The van der Waals surface area contributed by atoms with E-state index in [2.05, 4.69) is 12.2 Å². The van der Waals surface area contributed by atoms with E-state index in [1.54, 1.807) is 4.90 Å². The third-order valence-electron chi connectivity index (χ3n) is 3.21. The molecule has 2 nitrogen and oxygen atoms in total. The van der Waals surface area contributed by atoms with Crippen LogP contribution < -0.4 is 10.2 Å². The summed E-state index contributed by atoms with van der Waals surface area (Å²) in [7, 11) is 0. The highest BCUT2D eigenvalue weighted by Gasteiger charge is 2.22. The highest BCUT2D eigenvalue weighted by molar-refractivity contribution is 5.54. The Hall–Kier alpha value is -1.16. The number of alkyl halides is 2. The molecular weight excluding hydrogens is 222 g/mol. The molecule has 2 rings (SSSR count). The fourth-order valence-corrected chi connectivity index (χ4v) is 2.26. The fourth-order valence-electron chi connectivity index (χ4n) is 2.26. The number of nitrogens with one attached hydrogen (secondary N) is 1. The number of anilines is 1. The van der Waals surface area contributed by atoms with Crippen molar-refractivity contribution in [3.05, 3.63) is 29.8 Å². The first kappa shape index (κ1) is 12.3. The third kappa shape index (κ3) is 2.94. The molecule has 0 aromatic heterocycles. The minimum Gasteiger partial charge on any atom is -0.364 e. The van der Waals surface area contributed by atoms with Crippen molar-refractivity contribution in [2.24, 2.45) is 0 Å². The molecule has 0 amide bonds. The van der Waals surface area contributed by atoms with Gasteiger partial charge in [0.05, 0.1) is 6.54 Å². The second-order valence-corrected chi connectivity index (χ2v) is 4.41. The Morgan fingerprint density at radius 2 is 2.18 bits per heavy atom. The zero-order valence-corrected chi connectivity index (χ0v) is 10.00. The summed E-state index contributed by atoms with van der Waals surface area (Å²) in [6.45, 7) is 3.30. The summed E-state index contributed by atoms with van der Waals surface area (Å²) in [4.78, 5) is 1.80. The molecular formula is C13H18F2N2. The van der Waals surface area contributed by atoms with Crippen molar-refractivity contribution in [3.63, 3.8) is 0 Å². The molecule has 1 aliphatic heterocycles. The van der Waals surface area contributed by atoms with Gasteiger partial charge in [-0.05, 0) is 18.1 Å². The van der Waals surface area contributed by atoms with Crippen LogP contribution in [0.3, 0.4) is 0 Å². The zero-order chi connectivity index (χ0) is 12.3. The first-order chi connectivity index (χ1) is 8.20. The van der Waals surface area contributed by atoms with E-state index >= 15 is 0 Å². The maximum absolute atomic E-state index is 12.6. The maximum atomic E-state index is 12.6. The van der Waals surface area contributed by atoms with Crippen molar-refractivity contribution in [1.29, 1.82) is 0 Å². The summed E-state index contributed by atoms with van der Waals surface area (Å²) in [5, 5.41) is 3.40. The lowest BCUT2D eigenvalue weighted by molar-refractivity contribution is 0.154. The number of hydrogen-bond acceptors (Lipinski definition) is 2. The number of fused-ring (bicyclic) bond motifs is 1. The molecule has 0 radical (unpaired) electrons. The van der Waals surface area contributed by atoms with Crippen LogP contribution in [0.2, 0.25) is 0 Å². The minimum absolute atomic E-state index is 0.185. The highest BCUT2D eigenvalue weighted by atomic mass is 19.3. The molecule has 0 bridgehead atoms. The SMILES string of the molecule is CCC1CN(CC(F)F)c2ccccc2CN1. The topological polar surface area (TPSA) is 15.3 Å². The quantitative estimate of drug-likeness (QED) is 0.873. The molecule has 0 saturated carbocycles. The number of para-hydroxylation sites is 1. The van der Waals surface area contributed by atoms with E-state index in [9.17, 15) is 8.78 Å². The van der Waals surface area contributed by atoms with Crippen LogP contribution in [0.15, 0.2) is 24.3 Å². The van der Waals surface area contributed by atoms with Crippen LogP contribution in [0.25, 0.3) is 0 Å². The van der Waals surface area contributed by atoms with Gasteiger partial charge in [0.25, 0.3) is 6.43 Å². The standard InChI is InChI=1S/C13H18F2N2/c1-2-11-8-17(9-13(14)15)12-6-4-3-5-10(12)7-16-11/h3-6,11,13,16H,2,7-9H2,1H3. The second-order valence-electron chi connectivity index (χ2n) is 4.41. The number of hydrogen-bond donors (Lipinski definition) is 1. The van der Waals surface area contributed by atoms with E-state index in [0.29, 0.717) is 6.54 Å². The Bertz CT molecular complexity index is 368. The van der Waals surface area contributed by atoms with Gasteiger partial charge in [0.2, 0.25) is 0 Å². The Balaban J connectivity index is 2.25. The second kappa shape index (κ2) is 5.45. The van der Waals surface area contributed by atoms with Crippen molar-refractivity contribution in [3.8, 4) is 0 Å². The number of halogens is 2. The predicted octanol–water partition coefficient (Wildman–Crippen LogP) is 2.64. The number of benzene rings is 1. The lowest BCUT2D eigenvalue weighted by Crippen LogP contribution is -2.39. The van der Waals surface area contributed by atoms with E-state index in [4.69, 9.17) is 0 Å². The fraction of sp³-hybridized carbons (Fsp3) is 0.538. The molecule has 1 aliphatic rings. The summed E-state index contributed by atoms with van der Waals surface area (Å²) in [6, 6.07) is 8.06. The third-order valence-corrected chi connectivity index (χ3v) is 3.21. The molecule has 0 spiro atoms. The summed E-state index contributed by atoms with van der Waals surface area (Å²) < 4.78 is 25.2. The smallest absolute Gasteiger partial charge is 0.255 e. The maximum Gasteiger partial charge on any atom is 0.255 e. The van der Waals surface area contributed by atoms with Crippen LogP contribution in [0.1, 0.15) is 18.9 Å². The Morgan fingerprint density at radius 3 is 2.88 bits per heavy atom. The average molecular weight is 240 g/mol. The molecule has 0 fully saturated rings. The molecule has 1 heterocycles. The van der Waals surface area contributed by atoms with Crippen molar-refractivity contribution in [2.45, 2.75) is 32.4 Å². The van der Waals surface area contributed by atoms with Gasteiger partial charge in [-0.2, -0.15) is 0 Å². The van der Waals surface area contributed by atoms with E-state index in [1.807, 2.05) is 24.3 Å². The number of rotatable bonds is 3. The number of nitrogens with zero attached hydrogens (tertiary/aromatic N) is 1. The highest BCUT2D eigenvalue weighted by Crippen LogP contribution is 2.24. The molecule has 0 saturated heterocycles. The predicted molar refractivity (Wildman–Crippen MR) is 65.6 cm³/mol. The monoisotopic (exact) mass is 240 g/mol. The summed E-state index contributed by atoms with van der Waals surface area (Å²) >= 11 is 0. The lowest BCUT2D eigenvalue weighted by Gasteiger charge is -2.26. The van der Waals surface area contributed by atoms with E-state index in [1.165, 1.54) is 0 Å². The van der Waals surface area contributed by atoms with Crippen LogP contribution in [0.5, 0.6) is 0 Å². The van der Waals surface area contributed by atoms with Crippen molar-refractivity contribution >= 4 is 5.69 Å². The van der Waals surface area contributed by atoms with Crippen molar-refractivity contribution in [2.75, 3.05) is 18.0 Å². The molecule has 1 N–H and O–H groups in total. The Kier molecular flexibility index (Phi) is 3.94. The molecule has 94 valence electrons. The molecule has 0 aliphatic carbocycles. The summed E-state index contributed by atoms with van der Waals surface area (Å²) in [5.41, 5.74) is 2.04. The van der Waals surface area contributed by atoms with Crippen LogP contribution >= 0.6 is 0 Å². The van der Waals surface area contributed by atoms with Gasteiger partial charge in [-0.25, -0.2) is 8.78 Å². The van der Waals surface area contributed by atoms with Gasteiger partial charge in [0.1, 0.15) is 0 Å². The van der Waals surface area contributed by atoms with Crippen molar-refractivity contribution < 1.29 is 8.78 Å². The first-order valence-electron chi connectivity index (χ1n) is 6.05. The molecule has 4 heteroatoms. The lowest BCUT2D eigenvalue weighted by atomic mass is 10.1. The van der Waals surface area contributed by atoms with Gasteiger partial charge >= 0.3 is 0 Å². The van der Waals surface area contributed by atoms with E-state index in [0.717, 1.165) is 24.2 Å². The summed E-state index contributed by atoms with van der Waals surface area (Å²) in [5.74, 6) is 0. The van der Waals surface area contributed by atoms with Crippen LogP contribution in [0.4, 0.5) is 14.5 Å². The van der Waals surface area contributed by atoms with Gasteiger partial charge in [0.15, 0.2) is 0 Å². The van der Waals surface area contributed by atoms with E-state index in [-0.39, 0.29) is 12.6 Å². The summed E-state index contributed by atoms with van der Waals surface area (Å²) in [6.07, 6.45) is -1.34. The van der Waals surface area contributed by atoms with Gasteiger partial charge in [0, 0.05) is 24.8 Å². The largest absolute Gasteiger partial charge is 0.364 e. The molecule has 1 aromatic rings. The van der Waals surface area contributed by atoms with Crippen LogP contribution in [0, 0.1) is 0 Å². The van der Waals surface area contributed by atoms with Crippen LogP contribution in [-0.4, -0.2) is 25.6 Å². The zero-order valence-electron chi connectivity index (χ0n) is 10.00. The van der Waals surface area contributed by atoms with Gasteiger partial charge in [-0.3, -0.25) is 0 Å². The van der Waals surface area contributed by atoms with Crippen LogP contribution in [-0.2, 0) is 6.54 Å². The molecule has 1 aromatic carbocycles. The van der Waals surface area contributed by atoms with Gasteiger partial charge in [-0.15, -0.1) is 0 Å². The van der Waals surface area contributed by atoms with E-state index < -0.39 is 6.43 Å². The Labute approximate surface area is 101 Å². The molecule has 17 heavy (non-hydrogen) atoms. The normalized spacial score (nSPS) is 20.2.